The third-order valence-corrected chi connectivity index (χ3v) is 5.10. The second-order valence-electron chi connectivity index (χ2n) is 4.41. The minimum absolute atomic E-state index is 0.220. The van der Waals surface area contributed by atoms with Gasteiger partial charge in [0, 0.05) is 12.6 Å². The predicted molar refractivity (Wildman–Crippen MR) is 67.0 cm³/mol. The second kappa shape index (κ2) is 6.57. The Morgan fingerprint density at radius 3 is 2.31 bits per heavy atom. The molecule has 0 aromatic heterocycles. The lowest BCUT2D eigenvalue weighted by molar-refractivity contribution is 0.262. The highest BCUT2D eigenvalue weighted by Gasteiger charge is 2.29. The molecule has 0 unspecified atom stereocenters. The summed E-state index contributed by atoms with van der Waals surface area (Å²) in [7, 11) is -3.03. The van der Waals surface area contributed by atoms with Gasteiger partial charge in [-0.25, -0.2) is 8.42 Å². The lowest BCUT2D eigenvalue weighted by Gasteiger charge is -2.33. The Hall–Kier alpha value is -0.130. The standard InChI is InChI=1S/C11H24N2O2S/c1-3-9-13(16(14,15)10-4-2)11-5-7-12-8-6-11/h11-12H,3-10H2,1-2H3. The number of piperidine rings is 1. The Bertz CT molecular complexity index is 284. The zero-order valence-electron chi connectivity index (χ0n) is 10.4. The molecule has 1 saturated heterocycles. The number of nitrogens with one attached hydrogen (secondary N) is 1. The van der Waals surface area contributed by atoms with Crippen molar-refractivity contribution in [1.82, 2.24) is 9.62 Å². The molecule has 0 amide bonds. The van der Waals surface area contributed by atoms with Crippen LogP contribution in [0, 0.1) is 0 Å². The van der Waals surface area contributed by atoms with Crippen LogP contribution >= 0.6 is 0 Å². The summed E-state index contributed by atoms with van der Waals surface area (Å²) < 4.78 is 26.0. The van der Waals surface area contributed by atoms with Gasteiger partial charge in [-0.2, -0.15) is 4.31 Å². The first-order chi connectivity index (χ1) is 7.61. The molecule has 1 aliphatic rings. The van der Waals surface area contributed by atoms with Crippen LogP contribution in [0.5, 0.6) is 0 Å². The topological polar surface area (TPSA) is 49.4 Å². The summed E-state index contributed by atoms with van der Waals surface area (Å²) in [6.07, 6.45) is 3.49. The lowest BCUT2D eigenvalue weighted by Crippen LogP contribution is -2.47. The van der Waals surface area contributed by atoms with Crippen LogP contribution in [0.2, 0.25) is 0 Å². The highest BCUT2D eigenvalue weighted by Crippen LogP contribution is 2.17. The van der Waals surface area contributed by atoms with Crippen molar-refractivity contribution in [3.8, 4) is 0 Å². The Labute approximate surface area is 99.5 Å². The van der Waals surface area contributed by atoms with E-state index in [9.17, 15) is 8.42 Å². The Balaban J connectivity index is 2.72. The third-order valence-electron chi connectivity index (χ3n) is 2.98. The molecule has 0 saturated carbocycles. The van der Waals surface area contributed by atoms with Crippen LogP contribution in [0.15, 0.2) is 0 Å². The quantitative estimate of drug-likeness (QED) is 0.768. The fourth-order valence-corrected chi connectivity index (χ4v) is 4.12. The maximum atomic E-state index is 12.1. The molecular weight excluding hydrogens is 224 g/mol. The normalized spacial score (nSPS) is 19.2. The van der Waals surface area contributed by atoms with Gasteiger partial charge in [-0.15, -0.1) is 0 Å². The first kappa shape index (κ1) is 13.9. The molecule has 0 aromatic rings. The van der Waals surface area contributed by atoms with E-state index in [2.05, 4.69) is 5.32 Å². The van der Waals surface area contributed by atoms with Crippen molar-refractivity contribution in [3.63, 3.8) is 0 Å². The van der Waals surface area contributed by atoms with Gasteiger partial charge in [0.2, 0.25) is 10.0 Å². The summed E-state index contributed by atoms with van der Waals surface area (Å²) in [4.78, 5) is 0. The molecule has 0 bridgehead atoms. The minimum atomic E-state index is -3.03. The van der Waals surface area contributed by atoms with Crippen LogP contribution in [0.25, 0.3) is 0 Å². The fourth-order valence-electron chi connectivity index (χ4n) is 2.24. The molecule has 1 fully saturated rings. The molecule has 1 heterocycles. The second-order valence-corrected chi connectivity index (χ2v) is 6.45. The van der Waals surface area contributed by atoms with Crippen LogP contribution in [0.4, 0.5) is 0 Å². The van der Waals surface area contributed by atoms with E-state index in [1.807, 2.05) is 13.8 Å². The molecule has 0 aromatic carbocycles. The molecule has 0 aliphatic carbocycles. The zero-order valence-corrected chi connectivity index (χ0v) is 11.2. The van der Waals surface area contributed by atoms with E-state index in [4.69, 9.17) is 0 Å². The van der Waals surface area contributed by atoms with E-state index >= 15 is 0 Å². The molecule has 1 N–H and O–H groups in total. The Morgan fingerprint density at radius 1 is 1.19 bits per heavy atom. The van der Waals surface area contributed by atoms with Gasteiger partial charge in [0.15, 0.2) is 0 Å². The first-order valence-corrected chi connectivity index (χ1v) is 7.93. The van der Waals surface area contributed by atoms with Gasteiger partial charge >= 0.3 is 0 Å². The Morgan fingerprint density at radius 2 is 1.81 bits per heavy atom. The fraction of sp³-hybridized carbons (Fsp3) is 1.00. The average molecular weight is 248 g/mol. The molecule has 96 valence electrons. The molecule has 0 radical (unpaired) electrons. The number of rotatable bonds is 6. The lowest BCUT2D eigenvalue weighted by atomic mass is 10.1. The van der Waals surface area contributed by atoms with Gasteiger partial charge in [0.25, 0.3) is 0 Å². The smallest absolute Gasteiger partial charge is 0.214 e. The number of nitrogens with zero attached hydrogens (tertiary/aromatic N) is 1. The van der Waals surface area contributed by atoms with Gasteiger partial charge in [-0.1, -0.05) is 13.8 Å². The first-order valence-electron chi connectivity index (χ1n) is 6.32. The van der Waals surface area contributed by atoms with E-state index in [0.717, 1.165) is 32.4 Å². The average Bonchev–Trinajstić information content (AvgIpc) is 2.27. The highest BCUT2D eigenvalue weighted by molar-refractivity contribution is 7.89. The summed E-state index contributed by atoms with van der Waals surface area (Å²) in [6, 6.07) is 0.220. The van der Waals surface area contributed by atoms with Gasteiger partial charge in [-0.3, -0.25) is 0 Å². The molecule has 0 atom stereocenters. The summed E-state index contributed by atoms with van der Waals surface area (Å²) in [5, 5.41) is 3.27. The van der Waals surface area contributed by atoms with Gasteiger partial charge < -0.3 is 5.32 Å². The van der Waals surface area contributed by atoms with Crippen LogP contribution < -0.4 is 5.32 Å². The number of sulfonamides is 1. The number of hydrogen-bond acceptors (Lipinski definition) is 3. The third kappa shape index (κ3) is 3.71. The van der Waals surface area contributed by atoms with E-state index in [1.165, 1.54) is 0 Å². The van der Waals surface area contributed by atoms with Crippen LogP contribution in [-0.2, 0) is 10.0 Å². The van der Waals surface area contributed by atoms with Gasteiger partial charge in [-0.05, 0) is 38.8 Å². The van der Waals surface area contributed by atoms with E-state index in [0.29, 0.717) is 13.0 Å². The summed E-state index contributed by atoms with van der Waals surface area (Å²) >= 11 is 0. The van der Waals surface area contributed by atoms with Crippen molar-refractivity contribution in [2.24, 2.45) is 0 Å². The molecular formula is C11H24N2O2S. The van der Waals surface area contributed by atoms with Gasteiger partial charge in [0.1, 0.15) is 0 Å². The van der Waals surface area contributed by atoms with E-state index < -0.39 is 10.0 Å². The van der Waals surface area contributed by atoms with E-state index in [1.54, 1.807) is 4.31 Å². The monoisotopic (exact) mass is 248 g/mol. The predicted octanol–water partition coefficient (Wildman–Crippen LogP) is 1.19. The molecule has 4 nitrogen and oxygen atoms in total. The van der Waals surface area contributed by atoms with Crippen molar-refractivity contribution in [2.75, 3.05) is 25.4 Å². The molecule has 0 spiro atoms. The van der Waals surface area contributed by atoms with Gasteiger partial charge in [0.05, 0.1) is 5.75 Å². The van der Waals surface area contributed by atoms with Crippen molar-refractivity contribution in [1.29, 1.82) is 0 Å². The summed E-state index contributed by atoms with van der Waals surface area (Å²) in [5.41, 5.74) is 0. The Kier molecular flexibility index (Phi) is 5.72. The van der Waals surface area contributed by atoms with Crippen LogP contribution in [-0.4, -0.2) is 44.2 Å². The zero-order chi connectivity index (χ0) is 12.0. The van der Waals surface area contributed by atoms with Crippen LogP contribution in [0.3, 0.4) is 0 Å². The van der Waals surface area contributed by atoms with Crippen molar-refractivity contribution >= 4 is 10.0 Å². The summed E-state index contributed by atoms with van der Waals surface area (Å²) in [6.45, 7) is 6.51. The number of hydrogen-bond donors (Lipinski definition) is 1. The maximum absolute atomic E-state index is 12.1. The molecule has 16 heavy (non-hydrogen) atoms. The molecule has 1 aliphatic heterocycles. The molecule has 1 rings (SSSR count). The largest absolute Gasteiger partial charge is 0.317 e. The highest BCUT2D eigenvalue weighted by atomic mass is 32.2. The SMILES string of the molecule is CCCN(C1CCNCC1)S(=O)(=O)CCC. The van der Waals surface area contributed by atoms with Crippen molar-refractivity contribution in [2.45, 2.75) is 45.6 Å². The van der Waals surface area contributed by atoms with Crippen LogP contribution in [0.1, 0.15) is 39.5 Å². The van der Waals surface area contributed by atoms with Crippen molar-refractivity contribution < 1.29 is 8.42 Å². The summed E-state index contributed by atoms with van der Waals surface area (Å²) in [5.74, 6) is 0.289. The maximum Gasteiger partial charge on any atom is 0.214 e. The molecule has 5 heteroatoms. The van der Waals surface area contributed by atoms with Crippen molar-refractivity contribution in [3.05, 3.63) is 0 Å². The van der Waals surface area contributed by atoms with E-state index in [-0.39, 0.29) is 11.8 Å². The minimum Gasteiger partial charge on any atom is -0.317 e.